The summed E-state index contributed by atoms with van der Waals surface area (Å²) < 4.78 is 12.8. The van der Waals surface area contributed by atoms with E-state index in [9.17, 15) is 19.3 Å². The Hall–Kier alpha value is -2.76. The number of amides is 1. The minimum Gasteiger partial charge on any atom is -0.321 e. The van der Waals surface area contributed by atoms with E-state index in [1.807, 2.05) is 0 Å². The van der Waals surface area contributed by atoms with Crippen molar-refractivity contribution in [1.29, 1.82) is 0 Å². The monoisotopic (exact) mass is 274 g/mol. The van der Waals surface area contributed by atoms with Crippen LogP contribution in [0.1, 0.15) is 15.9 Å². The predicted molar refractivity (Wildman–Crippen MR) is 72.2 cm³/mol. The molecule has 20 heavy (non-hydrogen) atoms. The van der Waals surface area contributed by atoms with Crippen LogP contribution in [-0.4, -0.2) is 10.8 Å². The van der Waals surface area contributed by atoms with Gasteiger partial charge in [0.05, 0.1) is 10.6 Å². The lowest BCUT2D eigenvalue weighted by Gasteiger charge is -2.08. The Kier molecular flexibility index (Phi) is 3.74. The van der Waals surface area contributed by atoms with Gasteiger partial charge in [0.1, 0.15) is 5.82 Å². The number of nitro benzene ring substituents is 1. The summed E-state index contributed by atoms with van der Waals surface area (Å²) in [6.45, 7) is 1.73. The van der Waals surface area contributed by atoms with E-state index in [4.69, 9.17) is 0 Å². The van der Waals surface area contributed by atoms with E-state index in [-0.39, 0.29) is 11.3 Å². The highest BCUT2D eigenvalue weighted by molar-refractivity contribution is 6.04. The molecule has 0 atom stereocenters. The van der Waals surface area contributed by atoms with Gasteiger partial charge in [-0.05, 0) is 36.8 Å². The van der Waals surface area contributed by atoms with Gasteiger partial charge < -0.3 is 5.32 Å². The summed E-state index contributed by atoms with van der Waals surface area (Å²) in [6.07, 6.45) is 0. The molecule has 2 aromatic carbocycles. The maximum atomic E-state index is 12.8. The summed E-state index contributed by atoms with van der Waals surface area (Å²) in [4.78, 5) is 22.1. The fraction of sp³-hybridized carbons (Fsp3) is 0.0714. The van der Waals surface area contributed by atoms with Gasteiger partial charge in [-0.2, -0.15) is 0 Å². The highest BCUT2D eigenvalue weighted by Gasteiger charge is 2.12. The number of non-ortho nitro benzene ring substituents is 1. The zero-order valence-electron chi connectivity index (χ0n) is 10.6. The molecule has 0 radical (unpaired) electrons. The molecule has 0 bridgehead atoms. The summed E-state index contributed by atoms with van der Waals surface area (Å²) in [5, 5.41) is 13.3. The second-order valence-electron chi connectivity index (χ2n) is 4.22. The number of nitrogens with zero attached hydrogens (tertiary/aromatic N) is 1. The molecule has 0 saturated heterocycles. The Bertz CT molecular complexity index is 669. The van der Waals surface area contributed by atoms with Gasteiger partial charge in [0.15, 0.2) is 0 Å². The average molecular weight is 274 g/mol. The Labute approximate surface area is 114 Å². The van der Waals surface area contributed by atoms with Crippen LogP contribution in [0.15, 0.2) is 42.5 Å². The summed E-state index contributed by atoms with van der Waals surface area (Å²) in [6, 6.07) is 9.25. The number of carbonyl (C=O) groups excluding carboxylic acids is 1. The Morgan fingerprint density at radius 3 is 2.45 bits per heavy atom. The third kappa shape index (κ3) is 2.97. The maximum Gasteiger partial charge on any atom is 0.271 e. The third-order valence-corrected chi connectivity index (χ3v) is 2.79. The van der Waals surface area contributed by atoms with Gasteiger partial charge in [0, 0.05) is 17.7 Å². The first kappa shape index (κ1) is 13.7. The zero-order chi connectivity index (χ0) is 14.7. The molecule has 0 aliphatic heterocycles. The number of aryl methyl sites for hydroxylation is 1. The smallest absolute Gasteiger partial charge is 0.271 e. The third-order valence-electron chi connectivity index (χ3n) is 2.79. The molecule has 0 aromatic heterocycles. The van der Waals surface area contributed by atoms with Crippen LogP contribution in [0.4, 0.5) is 15.8 Å². The Balaban J connectivity index is 2.25. The average Bonchev–Trinajstić information content (AvgIpc) is 2.41. The number of nitrogens with one attached hydrogen (secondary N) is 1. The molecule has 2 rings (SSSR count). The van der Waals surface area contributed by atoms with Crippen LogP contribution in [-0.2, 0) is 0 Å². The van der Waals surface area contributed by atoms with Crippen LogP contribution in [0.2, 0.25) is 0 Å². The number of benzene rings is 2. The number of nitro groups is 1. The minimum atomic E-state index is -0.535. The van der Waals surface area contributed by atoms with Gasteiger partial charge in [-0.25, -0.2) is 4.39 Å². The summed E-state index contributed by atoms with van der Waals surface area (Å²) in [7, 11) is 0. The second kappa shape index (κ2) is 5.48. The van der Waals surface area contributed by atoms with Gasteiger partial charge >= 0.3 is 0 Å². The minimum absolute atomic E-state index is 0.106. The van der Waals surface area contributed by atoms with Crippen LogP contribution < -0.4 is 5.32 Å². The second-order valence-corrected chi connectivity index (χ2v) is 4.22. The largest absolute Gasteiger partial charge is 0.321 e. The normalized spacial score (nSPS) is 10.1. The highest BCUT2D eigenvalue weighted by atomic mass is 19.1. The van der Waals surface area contributed by atoms with Crippen LogP contribution >= 0.6 is 0 Å². The van der Waals surface area contributed by atoms with Crippen molar-refractivity contribution < 1.29 is 14.1 Å². The molecular formula is C14H11FN2O3. The van der Waals surface area contributed by atoms with Crippen molar-refractivity contribution in [1.82, 2.24) is 0 Å². The molecule has 5 nitrogen and oxygen atoms in total. The van der Waals surface area contributed by atoms with Gasteiger partial charge in [-0.3, -0.25) is 14.9 Å². The fourth-order valence-electron chi connectivity index (χ4n) is 1.65. The molecule has 0 saturated carbocycles. The first-order valence-electron chi connectivity index (χ1n) is 5.79. The van der Waals surface area contributed by atoms with Crippen molar-refractivity contribution >= 4 is 17.3 Å². The number of hydrogen-bond donors (Lipinski definition) is 1. The van der Waals surface area contributed by atoms with Crippen molar-refractivity contribution in [3.8, 4) is 0 Å². The molecular weight excluding hydrogens is 263 g/mol. The van der Waals surface area contributed by atoms with E-state index in [0.717, 1.165) is 0 Å². The molecule has 1 N–H and O–H groups in total. The molecule has 0 aliphatic carbocycles. The topological polar surface area (TPSA) is 72.2 Å². The molecule has 0 fully saturated rings. The first-order valence-corrected chi connectivity index (χ1v) is 5.79. The van der Waals surface area contributed by atoms with E-state index in [1.54, 1.807) is 13.0 Å². The van der Waals surface area contributed by atoms with Crippen molar-refractivity contribution in [2.45, 2.75) is 6.92 Å². The van der Waals surface area contributed by atoms with E-state index in [0.29, 0.717) is 11.3 Å². The molecule has 2 aromatic rings. The van der Waals surface area contributed by atoms with E-state index in [2.05, 4.69) is 5.32 Å². The molecule has 0 unspecified atom stereocenters. The molecule has 102 valence electrons. The van der Waals surface area contributed by atoms with Crippen LogP contribution in [0.25, 0.3) is 0 Å². The van der Waals surface area contributed by atoms with Crippen molar-refractivity contribution in [3.63, 3.8) is 0 Å². The van der Waals surface area contributed by atoms with E-state index in [1.165, 1.54) is 36.4 Å². The zero-order valence-corrected chi connectivity index (χ0v) is 10.6. The lowest BCUT2D eigenvalue weighted by atomic mass is 10.1. The van der Waals surface area contributed by atoms with Crippen LogP contribution in [0.5, 0.6) is 0 Å². The van der Waals surface area contributed by atoms with Crippen molar-refractivity contribution in [2.24, 2.45) is 0 Å². The molecule has 1 amide bonds. The first-order chi connectivity index (χ1) is 9.47. The van der Waals surface area contributed by atoms with Crippen LogP contribution in [0, 0.1) is 22.9 Å². The fourth-order valence-corrected chi connectivity index (χ4v) is 1.65. The number of rotatable bonds is 3. The Morgan fingerprint density at radius 1 is 1.20 bits per heavy atom. The molecule has 0 aliphatic rings. The number of anilines is 1. The van der Waals surface area contributed by atoms with E-state index >= 15 is 0 Å². The van der Waals surface area contributed by atoms with Gasteiger partial charge in [0.2, 0.25) is 0 Å². The quantitative estimate of drug-likeness (QED) is 0.689. The Morgan fingerprint density at radius 2 is 1.85 bits per heavy atom. The van der Waals surface area contributed by atoms with Crippen molar-refractivity contribution in [2.75, 3.05) is 5.32 Å². The maximum absolute atomic E-state index is 12.8. The lowest BCUT2D eigenvalue weighted by molar-refractivity contribution is -0.384. The van der Waals surface area contributed by atoms with Gasteiger partial charge in [0.25, 0.3) is 11.6 Å². The lowest BCUT2D eigenvalue weighted by Crippen LogP contribution is -2.12. The SMILES string of the molecule is Cc1ccc([N+](=O)[O-])cc1NC(=O)c1ccc(F)cc1. The van der Waals surface area contributed by atoms with Gasteiger partial charge in [-0.15, -0.1) is 0 Å². The van der Waals surface area contributed by atoms with Crippen molar-refractivity contribution in [3.05, 3.63) is 69.5 Å². The summed E-state index contributed by atoms with van der Waals surface area (Å²) in [5.74, 6) is -0.887. The standard InChI is InChI=1S/C14H11FN2O3/c1-9-2-7-12(17(19)20)8-13(9)16-14(18)10-3-5-11(15)6-4-10/h2-8H,1H3,(H,16,18). The number of hydrogen-bond acceptors (Lipinski definition) is 3. The highest BCUT2D eigenvalue weighted by Crippen LogP contribution is 2.22. The predicted octanol–water partition coefficient (Wildman–Crippen LogP) is 3.29. The van der Waals surface area contributed by atoms with Crippen LogP contribution in [0.3, 0.4) is 0 Å². The van der Waals surface area contributed by atoms with E-state index < -0.39 is 16.6 Å². The number of halogens is 1. The number of carbonyl (C=O) groups is 1. The summed E-state index contributed by atoms with van der Waals surface area (Å²) >= 11 is 0. The molecule has 0 spiro atoms. The molecule has 6 heteroatoms. The van der Waals surface area contributed by atoms with Gasteiger partial charge in [-0.1, -0.05) is 6.07 Å². The molecule has 0 heterocycles. The summed E-state index contributed by atoms with van der Waals surface area (Å²) in [5.41, 5.74) is 1.22.